The lowest BCUT2D eigenvalue weighted by Crippen LogP contribution is -2.47. The van der Waals surface area contributed by atoms with E-state index in [9.17, 15) is 4.55 Å². The molecule has 2 N–H and O–H groups in total. The summed E-state index contributed by atoms with van der Waals surface area (Å²) in [5.41, 5.74) is 2.82. The van der Waals surface area contributed by atoms with Gasteiger partial charge in [0, 0.05) is 23.9 Å². The Bertz CT molecular complexity index is 490. The van der Waals surface area contributed by atoms with Crippen molar-refractivity contribution >= 4 is 11.4 Å². The summed E-state index contributed by atoms with van der Waals surface area (Å²) in [7, 11) is 0. The highest BCUT2D eigenvalue weighted by molar-refractivity contribution is 7.90. The van der Waals surface area contributed by atoms with Gasteiger partial charge in [0.15, 0.2) is 0 Å². The molecule has 1 aliphatic carbocycles. The Labute approximate surface area is 157 Å². The minimum absolute atomic E-state index is 0.182. The average Bonchev–Trinajstić information content (AvgIpc) is 2.59. The van der Waals surface area contributed by atoms with Gasteiger partial charge in [0.2, 0.25) is 0 Å². The van der Waals surface area contributed by atoms with Crippen molar-refractivity contribution in [3.05, 3.63) is 35.4 Å². The van der Waals surface area contributed by atoms with Crippen molar-refractivity contribution in [3.63, 3.8) is 0 Å². The van der Waals surface area contributed by atoms with E-state index in [1.165, 1.54) is 30.4 Å². The molecular weight excluding hydrogens is 328 g/mol. The second-order valence-electron chi connectivity index (χ2n) is 8.35. The highest BCUT2D eigenvalue weighted by Crippen LogP contribution is 2.22. The lowest BCUT2D eigenvalue weighted by Gasteiger charge is -2.32. The molecule has 1 aromatic rings. The van der Waals surface area contributed by atoms with Crippen LogP contribution in [0.4, 0.5) is 0 Å². The van der Waals surface area contributed by atoms with Gasteiger partial charge >= 0.3 is 0 Å². The molecule has 1 atom stereocenters. The fourth-order valence-electron chi connectivity index (χ4n) is 3.21. The van der Waals surface area contributed by atoms with E-state index in [4.69, 9.17) is 0 Å². The summed E-state index contributed by atoms with van der Waals surface area (Å²) >= 11 is -0.955. The molecule has 1 aliphatic rings. The minimum Gasteiger partial charge on any atom is -0.598 e. The van der Waals surface area contributed by atoms with Crippen LogP contribution in [0.25, 0.3) is 0 Å². The normalized spacial score (nSPS) is 22.8. The summed E-state index contributed by atoms with van der Waals surface area (Å²) in [5, 5.41) is 3.70. The van der Waals surface area contributed by atoms with Gasteiger partial charge in [0.25, 0.3) is 0 Å². The second-order valence-corrected chi connectivity index (χ2v) is 10.3. The van der Waals surface area contributed by atoms with Crippen molar-refractivity contribution in [3.8, 4) is 0 Å². The number of unbranched alkanes of at least 4 members (excludes halogenated alkanes) is 1. The van der Waals surface area contributed by atoms with Gasteiger partial charge in [-0.25, -0.2) is 0 Å². The van der Waals surface area contributed by atoms with Crippen molar-refractivity contribution < 1.29 is 4.55 Å². The van der Waals surface area contributed by atoms with E-state index < -0.39 is 11.4 Å². The first kappa shape index (κ1) is 20.8. The van der Waals surface area contributed by atoms with Crippen LogP contribution in [0.2, 0.25) is 0 Å². The van der Waals surface area contributed by atoms with Crippen LogP contribution < -0.4 is 10.0 Å². The molecule has 0 spiro atoms. The summed E-state index contributed by atoms with van der Waals surface area (Å²) in [6, 6.07) is 10.1. The minimum atomic E-state index is -0.955. The molecule has 1 fully saturated rings. The summed E-state index contributed by atoms with van der Waals surface area (Å²) in [6.07, 6.45) is 8.25. The highest BCUT2D eigenvalue weighted by atomic mass is 32.2. The third-order valence-electron chi connectivity index (χ3n) is 4.99. The molecule has 142 valence electrons. The SMILES string of the molecule is CCCCc1ccc(CNC2CCC(N[S+]([O-])C(C)(C)C)CC2)cc1. The van der Waals surface area contributed by atoms with Crippen LogP contribution in [0.5, 0.6) is 0 Å². The predicted octanol–water partition coefficient (Wildman–Crippen LogP) is 4.48. The molecule has 0 bridgehead atoms. The van der Waals surface area contributed by atoms with E-state index in [2.05, 4.69) is 41.2 Å². The maximum Gasteiger partial charge on any atom is 0.136 e. The molecule has 0 heterocycles. The van der Waals surface area contributed by atoms with Crippen LogP contribution in [0.1, 0.15) is 77.3 Å². The Morgan fingerprint density at radius 2 is 1.56 bits per heavy atom. The van der Waals surface area contributed by atoms with Crippen LogP contribution in [0.15, 0.2) is 24.3 Å². The predicted molar refractivity (Wildman–Crippen MR) is 109 cm³/mol. The first-order valence-corrected chi connectivity index (χ1v) is 11.0. The fourth-order valence-corrected chi connectivity index (χ4v) is 4.10. The van der Waals surface area contributed by atoms with Gasteiger partial charge in [-0.15, -0.1) is 4.72 Å². The third-order valence-corrected chi connectivity index (χ3v) is 6.65. The van der Waals surface area contributed by atoms with E-state index in [0.29, 0.717) is 12.1 Å². The number of nitrogens with one attached hydrogen (secondary N) is 2. The lowest BCUT2D eigenvalue weighted by atomic mass is 9.91. The van der Waals surface area contributed by atoms with E-state index in [0.717, 1.165) is 32.2 Å². The molecular formula is C21H36N2OS. The molecule has 0 aliphatic heterocycles. The van der Waals surface area contributed by atoms with E-state index in [-0.39, 0.29) is 4.75 Å². The van der Waals surface area contributed by atoms with Crippen molar-refractivity contribution in [1.29, 1.82) is 0 Å². The van der Waals surface area contributed by atoms with E-state index >= 15 is 0 Å². The molecule has 1 unspecified atom stereocenters. The quantitative estimate of drug-likeness (QED) is 0.669. The zero-order valence-corrected chi connectivity index (χ0v) is 17.3. The van der Waals surface area contributed by atoms with Gasteiger partial charge in [-0.3, -0.25) is 0 Å². The Morgan fingerprint density at radius 3 is 2.12 bits per heavy atom. The summed E-state index contributed by atoms with van der Waals surface area (Å²) in [5.74, 6) is 0. The van der Waals surface area contributed by atoms with Gasteiger partial charge in [-0.2, -0.15) is 0 Å². The number of benzene rings is 1. The second kappa shape index (κ2) is 9.96. The number of aryl methyl sites for hydroxylation is 1. The summed E-state index contributed by atoms with van der Waals surface area (Å²) in [4.78, 5) is 0. The van der Waals surface area contributed by atoms with Gasteiger partial charge in [-0.05, 0) is 70.4 Å². The maximum atomic E-state index is 12.2. The topological polar surface area (TPSA) is 47.1 Å². The molecule has 2 rings (SSSR count). The Balaban J connectivity index is 1.68. The Hall–Kier alpha value is -0.550. The Morgan fingerprint density at radius 1 is 1.00 bits per heavy atom. The van der Waals surface area contributed by atoms with E-state index in [1.54, 1.807) is 0 Å². The van der Waals surface area contributed by atoms with Crippen molar-refractivity contribution in [2.45, 2.75) is 96.0 Å². The molecule has 1 aromatic carbocycles. The molecule has 0 aromatic heterocycles. The fraction of sp³-hybridized carbons (Fsp3) is 0.714. The Kier molecular flexibility index (Phi) is 8.27. The molecule has 25 heavy (non-hydrogen) atoms. The van der Waals surface area contributed by atoms with Gasteiger partial charge in [0.05, 0.1) is 6.04 Å². The van der Waals surface area contributed by atoms with Crippen LogP contribution >= 0.6 is 0 Å². The third kappa shape index (κ3) is 7.30. The molecule has 1 saturated carbocycles. The average molecular weight is 365 g/mol. The van der Waals surface area contributed by atoms with Crippen LogP contribution in [-0.4, -0.2) is 21.4 Å². The van der Waals surface area contributed by atoms with Crippen molar-refractivity contribution in [1.82, 2.24) is 10.0 Å². The van der Waals surface area contributed by atoms with Crippen molar-refractivity contribution in [2.75, 3.05) is 0 Å². The molecule has 3 nitrogen and oxygen atoms in total. The smallest absolute Gasteiger partial charge is 0.136 e. The van der Waals surface area contributed by atoms with Gasteiger partial charge in [0.1, 0.15) is 4.75 Å². The molecule has 0 amide bonds. The molecule has 0 radical (unpaired) electrons. The zero-order chi connectivity index (χ0) is 18.3. The number of hydrogen-bond acceptors (Lipinski definition) is 3. The first-order valence-electron chi connectivity index (χ1n) is 9.87. The monoisotopic (exact) mass is 364 g/mol. The largest absolute Gasteiger partial charge is 0.598 e. The number of hydrogen-bond donors (Lipinski definition) is 2. The maximum absolute atomic E-state index is 12.2. The van der Waals surface area contributed by atoms with Crippen molar-refractivity contribution in [2.24, 2.45) is 0 Å². The molecule has 0 saturated heterocycles. The summed E-state index contributed by atoms with van der Waals surface area (Å²) in [6.45, 7) is 9.26. The first-order chi connectivity index (χ1) is 11.9. The van der Waals surface area contributed by atoms with Crippen LogP contribution in [0, 0.1) is 0 Å². The lowest BCUT2D eigenvalue weighted by molar-refractivity contribution is 0.327. The van der Waals surface area contributed by atoms with Gasteiger partial charge in [-0.1, -0.05) is 37.6 Å². The van der Waals surface area contributed by atoms with E-state index in [1.807, 2.05) is 20.8 Å². The summed E-state index contributed by atoms with van der Waals surface area (Å²) < 4.78 is 15.3. The number of rotatable bonds is 8. The highest BCUT2D eigenvalue weighted by Gasteiger charge is 2.31. The van der Waals surface area contributed by atoms with Crippen LogP contribution in [-0.2, 0) is 24.3 Å². The van der Waals surface area contributed by atoms with Gasteiger partial charge < -0.3 is 9.87 Å². The zero-order valence-electron chi connectivity index (χ0n) is 16.4. The standard InChI is InChI=1S/C21H36N2OS/c1-5-6-7-17-8-10-18(11-9-17)16-22-19-12-14-20(15-13-19)23-25(24)21(2,3)4/h8-11,19-20,22-23H,5-7,12-16H2,1-4H3. The van der Waals surface area contributed by atoms with Crippen LogP contribution in [0.3, 0.4) is 0 Å². The molecule has 4 heteroatoms.